The smallest absolute Gasteiger partial charge is 0.252 e. The van der Waals surface area contributed by atoms with Gasteiger partial charge in [-0.3, -0.25) is 0 Å². The average Bonchev–Trinajstić information content (AvgIpc) is 1.66. The van der Waals surface area contributed by atoms with Gasteiger partial charge < -0.3 is 18.5 Å². The van der Waals surface area contributed by atoms with Gasteiger partial charge in [0.25, 0.3) is 6.71 Å². The maximum atomic E-state index is 6.82. The summed E-state index contributed by atoms with van der Waals surface area (Å²) in [6.07, 6.45) is 0. The Morgan fingerprint density at radius 1 is 0.283 bits per heavy atom. The topological polar surface area (TPSA) is 26.2 Å². The van der Waals surface area contributed by atoms with Crippen molar-refractivity contribution < 1.29 is 4.42 Å². The highest BCUT2D eigenvalue weighted by Crippen LogP contribution is 2.53. The number of para-hydroxylation sites is 3. The zero-order chi connectivity index (χ0) is 65.6. The monoisotopic (exact) mass is 1260 g/mol. The third kappa shape index (κ3) is 9.01. The number of benzene rings is 15. The van der Waals surface area contributed by atoms with Crippen LogP contribution in [0.5, 0.6) is 0 Å². The van der Waals surface area contributed by atoms with Gasteiger partial charge >= 0.3 is 0 Å². The molecule has 0 N–H and O–H groups in total. The number of furan rings is 1. The molecule has 4 nitrogen and oxygen atoms in total. The Morgan fingerprint density at radius 3 is 1.42 bits per heavy atom. The summed E-state index contributed by atoms with van der Waals surface area (Å²) in [6.45, 7) is 6.75. The fourth-order valence-electron chi connectivity index (χ4n) is 16.5. The van der Waals surface area contributed by atoms with Crippen LogP contribution in [0.2, 0.25) is 0 Å². The van der Waals surface area contributed by atoms with Gasteiger partial charge in [0, 0.05) is 71.7 Å². The van der Waals surface area contributed by atoms with Gasteiger partial charge in [0.1, 0.15) is 11.2 Å². The second-order valence-corrected chi connectivity index (χ2v) is 27.9. The van der Waals surface area contributed by atoms with E-state index in [0.717, 1.165) is 106 Å². The van der Waals surface area contributed by atoms with E-state index in [-0.39, 0.29) is 12.1 Å². The zero-order valence-electron chi connectivity index (χ0n) is 55.1. The Bertz CT molecular complexity index is 6220. The first kappa shape index (κ1) is 56.9. The standard InChI is InChI=1S/C94H64BN3O/c1-94(2,3)71-44-47-83-78(56-71)79-57-86-81(58-85(79)96(83)72-36-17-8-18-37-72)95-82-52-69(62-30-15-7-16-31-62)51-80-77-50-65(61-28-13-6-14-29-61)43-46-84(77)97(93(80)82)87-53-70(66-42-45-76-75-38-19-20-41-89(75)99-90(76)55-66)54-88(91(87)95)98(86)92-73(67-34-21-32-63(48-67)59-24-9-4-10-25-59)39-23-40-74(92)68-35-22-33-64(49-68)60-26-11-5-12-27-60/h4-58H,1-3H3. The lowest BCUT2D eigenvalue weighted by atomic mass is 9.33. The molecule has 18 aromatic rings. The van der Waals surface area contributed by atoms with Crippen LogP contribution in [0.4, 0.5) is 17.1 Å². The minimum absolute atomic E-state index is 0.110. The molecule has 0 amide bonds. The summed E-state index contributed by atoms with van der Waals surface area (Å²) in [5.41, 5.74) is 33.0. The van der Waals surface area contributed by atoms with E-state index in [2.05, 4.69) is 368 Å². The quantitative estimate of drug-likeness (QED) is 0.135. The fourth-order valence-corrected chi connectivity index (χ4v) is 16.5. The maximum absolute atomic E-state index is 6.82. The molecular formula is C94H64BN3O. The number of hydrogen-bond acceptors (Lipinski definition) is 2. The van der Waals surface area contributed by atoms with E-state index in [4.69, 9.17) is 4.42 Å². The molecule has 0 fully saturated rings. The molecule has 15 aromatic carbocycles. The van der Waals surface area contributed by atoms with E-state index in [0.29, 0.717) is 0 Å². The van der Waals surface area contributed by atoms with Crippen LogP contribution in [-0.4, -0.2) is 15.8 Å². The van der Waals surface area contributed by atoms with E-state index in [1.165, 1.54) is 87.9 Å². The minimum Gasteiger partial charge on any atom is -0.456 e. The number of anilines is 3. The maximum Gasteiger partial charge on any atom is 0.252 e. The van der Waals surface area contributed by atoms with E-state index >= 15 is 0 Å². The van der Waals surface area contributed by atoms with Crippen molar-refractivity contribution in [3.8, 4) is 89.3 Å². The van der Waals surface area contributed by atoms with Gasteiger partial charge in [-0.25, -0.2) is 0 Å². The normalized spacial score (nSPS) is 12.6. The Hall–Kier alpha value is -12.4. The molecule has 5 heterocycles. The summed E-state index contributed by atoms with van der Waals surface area (Å²) < 4.78 is 12.0. The molecule has 0 aliphatic carbocycles. The Kier molecular flexibility index (Phi) is 12.7. The van der Waals surface area contributed by atoms with Crippen LogP contribution in [0.1, 0.15) is 26.3 Å². The number of nitrogens with zero attached hydrogens (tertiary/aromatic N) is 3. The lowest BCUT2D eigenvalue weighted by Gasteiger charge is -2.42. The van der Waals surface area contributed by atoms with Crippen molar-refractivity contribution in [2.45, 2.75) is 26.2 Å². The first-order valence-electron chi connectivity index (χ1n) is 34.5. The number of hydrogen-bond donors (Lipinski definition) is 0. The summed E-state index contributed by atoms with van der Waals surface area (Å²) in [5.74, 6) is 0. The lowest BCUT2D eigenvalue weighted by molar-refractivity contribution is 0.591. The molecule has 0 radical (unpaired) electrons. The predicted octanol–water partition coefficient (Wildman–Crippen LogP) is 23.4. The number of rotatable bonds is 9. The van der Waals surface area contributed by atoms with E-state index in [9.17, 15) is 0 Å². The lowest BCUT2D eigenvalue weighted by Crippen LogP contribution is -2.60. The first-order valence-corrected chi connectivity index (χ1v) is 34.5. The summed E-state index contributed by atoms with van der Waals surface area (Å²) >= 11 is 0. The van der Waals surface area contributed by atoms with Crippen molar-refractivity contribution in [2.75, 3.05) is 4.90 Å². The van der Waals surface area contributed by atoms with Gasteiger partial charge in [-0.2, -0.15) is 0 Å². The third-order valence-corrected chi connectivity index (χ3v) is 21.2. The molecule has 0 unspecified atom stereocenters. The van der Waals surface area contributed by atoms with Crippen molar-refractivity contribution in [2.24, 2.45) is 0 Å². The molecule has 0 saturated carbocycles. The van der Waals surface area contributed by atoms with Gasteiger partial charge in [0.15, 0.2) is 0 Å². The van der Waals surface area contributed by atoms with E-state index in [1.807, 2.05) is 0 Å². The zero-order valence-corrected chi connectivity index (χ0v) is 55.1. The van der Waals surface area contributed by atoms with Crippen molar-refractivity contribution >= 4 is 106 Å². The molecule has 0 atom stereocenters. The molecule has 2 aliphatic heterocycles. The molecule has 0 spiro atoms. The van der Waals surface area contributed by atoms with Gasteiger partial charge in [-0.1, -0.05) is 257 Å². The SMILES string of the molecule is CC(C)(C)c1ccc2c(c1)c1cc3c(cc1n2-c1ccccc1)B1c2c(cc(-c4ccc5c(c4)oc4ccccc45)cc2-n2c4ccc(-c5ccccc5)cc4c4cc(-c5ccccc5)cc1c42)N3c1c(-c2cccc(-c3ccccc3)c2)cccc1-c1cccc(-c2ccccc2)c1. The van der Waals surface area contributed by atoms with Gasteiger partial charge in [-0.05, 0) is 191 Å². The fraction of sp³-hybridized carbons (Fsp3) is 0.0426. The Morgan fingerprint density at radius 2 is 0.768 bits per heavy atom. The van der Waals surface area contributed by atoms with Crippen LogP contribution in [0.25, 0.3) is 155 Å². The Labute approximate surface area is 575 Å². The third-order valence-electron chi connectivity index (χ3n) is 21.2. The highest BCUT2D eigenvalue weighted by Gasteiger charge is 2.45. The largest absolute Gasteiger partial charge is 0.456 e. The van der Waals surface area contributed by atoms with Crippen molar-refractivity contribution in [3.05, 3.63) is 339 Å². The molecule has 20 rings (SSSR count). The summed E-state index contributed by atoms with van der Waals surface area (Å²) in [6, 6.07) is 125. The molecule has 2 aliphatic rings. The Balaban J connectivity index is 0.980. The predicted molar refractivity (Wildman–Crippen MR) is 418 cm³/mol. The van der Waals surface area contributed by atoms with Crippen LogP contribution in [-0.2, 0) is 5.41 Å². The van der Waals surface area contributed by atoms with Crippen LogP contribution in [0.15, 0.2) is 338 Å². The van der Waals surface area contributed by atoms with Gasteiger partial charge in [0.05, 0.1) is 22.2 Å². The van der Waals surface area contributed by atoms with Crippen LogP contribution in [0, 0.1) is 0 Å². The van der Waals surface area contributed by atoms with Gasteiger partial charge in [0.2, 0.25) is 0 Å². The molecule has 3 aromatic heterocycles. The molecule has 464 valence electrons. The molecule has 0 bridgehead atoms. The highest BCUT2D eigenvalue weighted by atomic mass is 16.3. The summed E-state index contributed by atoms with van der Waals surface area (Å²) in [4.78, 5) is 2.71. The molecular weight excluding hydrogens is 1200 g/mol. The summed E-state index contributed by atoms with van der Waals surface area (Å²) in [7, 11) is 0. The minimum atomic E-state index is -0.250. The molecule has 0 saturated heterocycles. The highest BCUT2D eigenvalue weighted by molar-refractivity contribution is 7.00. The van der Waals surface area contributed by atoms with E-state index in [1.54, 1.807) is 0 Å². The van der Waals surface area contributed by atoms with Crippen LogP contribution in [0.3, 0.4) is 0 Å². The van der Waals surface area contributed by atoms with Crippen molar-refractivity contribution in [1.29, 1.82) is 0 Å². The molecule has 5 heteroatoms. The number of aromatic nitrogens is 2. The van der Waals surface area contributed by atoms with Crippen LogP contribution >= 0.6 is 0 Å². The second kappa shape index (κ2) is 22.1. The van der Waals surface area contributed by atoms with Crippen molar-refractivity contribution in [3.63, 3.8) is 0 Å². The first-order chi connectivity index (χ1) is 48.7. The average molecular weight is 1260 g/mol. The van der Waals surface area contributed by atoms with E-state index < -0.39 is 0 Å². The number of fused-ring (bicyclic) bond motifs is 13. The molecule has 99 heavy (non-hydrogen) atoms. The van der Waals surface area contributed by atoms with Gasteiger partial charge in [-0.15, -0.1) is 0 Å². The summed E-state index contributed by atoms with van der Waals surface area (Å²) in [5, 5.41) is 7.05. The van der Waals surface area contributed by atoms with Crippen LogP contribution < -0.4 is 21.3 Å². The second-order valence-electron chi connectivity index (χ2n) is 27.9. The van der Waals surface area contributed by atoms with Crippen molar-refractivity contribution in [1.82, 2.24) is 9.13 Å².